The van der Waals surface area contributed by atoms with Crippen molar-refractivity contribution >= 4 is 23.4 Å². The zero-order valence-corrected chi connectivity index (χ0v) is 13.5. The van der Waals surface area contributed by atoms with Gasteiger partial charge in [0.05, 0.1) is 0 Å². The third kappa shape index (κ3) is 3.54. The molecule has 3 rings (SSSR count). The molecule has 0 spiro atoms. The van der Waals surface area contributed by atoms with Crippen LogP contribution in [0.25, 0.3) is 0 Å². The summed E-state index contributed by atoms with van der Waals surface area (Å²) in [5, 5.41) is 0.452. The minimum Gasteiger partial charge on any atom is -0.335 e. The number of benzene rings is 1. The number of hydrogen-bond acceptors (Lipinski definition) is 3. The largest absolute Gasteiger partial charge is 0.335 e. The van der Waals surface area contributed by atoms with Crippen LogP contribution < -0.4 is 0 Å². The number of rotatable bonds is 2. The lowest BCUT2D eigenvalue weighted by Crippen LogP contribution is -2.50. The molecule has 7 heteroatoms. The molecule has 1 saturated heterocycles. The van der Waals surface area contributed by atoms with Crippen LogP contribution in [-0.4, -0.2) is 52.8 Å². The molecule has 1 fully saturated rings. The van der Waals surface area contributed by atoms with Gasteiger partial charge in [-0.25, -0.2) is 4.39 Å². The average Bonchev–Trinajstić information content (AvgIpc) is 2.60. The second-order valence-corrected chi connectivity index (χ2v) is 5.89. The molecule has 2 amide bonds. The maximum Gasteiger partial charge on any atom is 0.272 e. The molecule has 5 nitrogen and oxygen atoms in total. The highest BCUT2D eigenvalue weighted by Crippen LogP contribution is 2.14. The summed E-state index contributed by atoms with van der Waals surface area (Å²) in [6.07, 6.45) is 1.49. The Bertz CT molecular complexity index is 710. The van der Waals surface area contributed by atoms with Gasteiger partial charge < -0.3 is 9.80 Å². The Morgan fingerprint density at radius 3 is 2.29 bits per heavy atom. The van der Waals surface area contributed by atoms with Crippen molar-refractivity contribution in [2.24, 2.45) is 0 Å². The van der Waals surface area contributed by atoms with Gasteiger partial charge >= 0.3 is 0 Å². The summed E-state index contributed by atoms with van der Waals surface area (Å²) in [6.45, 7) is 1.57. The first-order valence-electron chi connectivity index (χ1n) is 7.50. The van der Waals surface area contributed by atoms with Crippen molar-refractivity contribution < 1.29 is 14.0 Å². The second-order valence-electron chi connectivity index (χ2n) is 5.45. The molecule has 24 heavy (non-hydrogen) atoms. The summed E-state index contributed by atoms with van der Waals surface area (Å²) >= 11 is 5.88. The van der Waals surface area contributed by atoms with Gasteiger partial charge in [0, 0.05) is 43.0 Å². The van der Waals surface area contributed by atoms with E-state index in [-0.39, 0.29) is 17.5 Å². The van der Waals surface area contributed by atoms with Crippen LogP contribution in [-0.2, 0) is 0 Å². The average molecular weight is 348 g/mol. The van der Waals surface area contributed by atoms with Crippen molar-refractivity contribution in [1.82, 2.24) is 14.8 Å². The molecular weight excluding hydrogens is 333 g/mol. The molecule has 1 aromatic heterocycles. The Morgan fingerprint density at radius 2 is 1.67 bits per heavy atom. The highest BCUT2D eigenvalue weighted by atomic mass is 35.5. The van der Waals surface area contributed by atoms with Crippen LogP contribution in [0.3, 0.4) is 0 Å². The van der Waals surface area contributed by atoms with Crippen molar-refractivity contribution in [3.8, 4) is 0 Å². The Balaban J connectivity index is 1.63. The normalized spacial score (nSPS) is 14.6. The van der Waals surface area contributed by atoms with Crippen LogP contribution in [0.15, 0.2) is 42.6 Å². The molecule has 0 aliphatic carbocycles. The van der Waals surface area contributed by atoms with E-state index in [0.29, 0.717) is 36.8 Å². The third-order valence-electron chi connectivity index (χ3n) is 3.87. The Morgan fingerprint density at radius 1 is 1.00 bits per heavy atom. The van der Waals surface area contributed by atoms with Crippen LogP contribution in [0.5, 0.6) is 0 Å². The molecular formula is C17H15ClFN3O2. The Labute approximate surface area is 143 Å². The lowest BCUT2D eigenvalue weighted by molar-refractivity contribution is 0.0532. The van der Waals surface area contributed by atoms with Crippen LogP contribution in [0.2, 0.25) is 5.02 Å². The van der Waals surface area contributed by atoms with Gasteiger partial charge in [0.2, 0.25) is 0 Å². The van der Waals surface area contributed by atoms with Crippen molar-refractivity contribution in [2.45, 2.75) is 0 Å². The van der Waals surface area contributed by atoms with Gasteiger partial charge in [0.25, 0.3) is 11.8 Å². The minimum atomic E-state index is -0.443. The fourth-order valence-corrected chi connectivity index (χ4v) is 2.76. The van der Waals surface area contributed by atoms with Gasteiger partial charge in [-0.15, -0.1) is 0 Å². The molecule has 0 radical (unpaired) electrons. The first-order valence-corrected chi connectivity index (χ1v) is 7.88. The fraction of sp³-hybridized carbons (Fsp3) is 0.235. The number of aromatic nitrogens is 1. The molecule has 124 valence electrons. The molecule has 1 aromatic carbocycles. The number of nitrogens with zero attached hydrogens (tertiary/aromatic N) is 3. The topological polar surface area (TPSA) is 53.5 Å². The molecule has 0 N–H and O–H groups in total. The van der Waals surface area contributed by atoms with E-state index in [0.717, 1.165) is 0 Å². The summed E-state index contributed by atoms with van der Waals surface area (Å²) in [5.74, 6) is -0.889. The standard InChI is InChI=1S/C17H15ClFN3O2/c18-13-4-5-20-15(11-13)17(24)22-8-6-21(7-9-22)16(23)12-2-1-3-14(19)10-12/h1-5,10-11H,6-9H2. The van der Waals surface area contributed by atoms with E-state index in [9.17, 15) is 14.0 Å². The SMILES string of the molecule is O=C(c1cccc(F)c1)N1CCN(C(=O)c2cc(Cl)ccn2)CC1. The maximum absolute atomic E-state index is 13.2. The monoisotopic (exact) mass is 347 g/mol. The molecule has 0 bridgehead atoms. The number of pyridine rings is 1. The first-order chi connectivity index (χ1) is 11.5. The number of piperazine rings is 1. The van der Waals surface area contributed by atoms with Crippen LogP contribution in [0, 0.1) is 5.82 Å². The van der Waals surface area contributed by atoms with E-state index in [1.54, 1.807) is 21.9 Å². The molecule has 1 aliphatic rings. The van der Waals surface area contributed by atoms with E-state index in [4.69, 9.17) is 11.6 Å². The maximum atomic E-state index is 13.2. The van der Waals surface area contributed by atoms with E-state index < -0.39 is 5.82 Å². The summed E-state index contributed by atoms with van der Waals surface area (Å²) in [7, 11) is 0. The number of halogens is 2. The molecule has 0 saturated carbocycles. The number of hydrogen-bond donors (Lipinski definition) is 0. The quantitative estimate of drug-likeness (QED) is 0.838. The van der Waals surface area contributed by atoms with Gasteiger partial charge in [0.1, 0.15) is 11.5 Å². The Kier molecular flexibility index (Phi) is 4.76. The number of carbonyl (C=O) groups is 2. The molecule has 1 aliphatic heterocycles. The van der Waals surface area contributed by atoms with Gasteiger partial charge in [0.15, 0.2) is 0 Å². The van der Waals surface area contributed by atoms with Gasteiger partial charge in [-0.1, -0.05) is 17.7 Å². The van der Waals surface area contributed by atoms with Crippen molar-refractivity contribution in [3.63, 3.8) is 0 Å². The lowest BCUT2D eigenvalue weighted by atomic mass is 10.1. The van der Waals surface area contributed by atoms with Crippen molar-refractivity contribution in [3.05, 3.63) is 64.7 Å². The second kappa shape index (κ2) is 6.97. The molecule has 2 heterocycles. The first kappa shape index (κ1) is 16.4. The fourth-order valence-electron chi connectivity index (χ4n) is 2.60. The predicted molar refractivity (Wildman–Crippen MR) is 87.5 cm³/mol. The van der Waals surface area contributed by atoms with Crippen molar-refractivity contribution in [1.29, 1.82) is 0 Å². The molecule has 2 aromatic rings. The number of amides is 2. The molecule has 0 unspecified atom stereocenters. The van der Waals surface area contributed by atoms with Gasteiger partial charge in [-0.05, 0) is 30.3 Å². The smallest absolute Gasteiger partial charge is 0.272 e. The number of carbonyl (C=O) groups excluding carboxylic acids is 2. The minimum absolute atomic E-state index is 0.213. The van der Waals surface area contributed by atoms with Gasteiger partial charge in [-0.2, -0.15) is 0 Å². The van der Waals surface area contributed by atoms with Crippen LogP contribution in [0.4, 0.5) is 4.39 Å². The summed E-state index contributed by atoms with van der Waals surface area (Å²) in [5.41, 5.74) is 0.596. The van der Waals surface area contributed by atoms with E-state index >= 15 is 0 Å². The van der Waals surface area contributed by atoms with Crippen LogP contribution >= 0.6 is 11.6 Å². The predicted octanol–water partition coefficient (Wildman–Crippen LogP) is 2.47. The van der Waals surface area contributed by atoms with Gasteiger partial charge in [-0.3, -0.25) is 14.6 Å². The van der Waals surface area contributed by atoms with E-state index in [1.165, 1.54) is 30.5 Å². The Hall–Kier alpha value is -2.47. The summed E-state index contributed by atoms with van der Waals surface area (Å²) in [6, 6.07) is 8.73. The van der Waals surface area contributed by atoms with Crippen molar-refractivity contribution in [2.75, 3.05) is 26.2 Å². The van der Waals surface area contributed by atoms with E-state index in [1.807, 2.05) is 0 Å². The highest BCUT2D eigenvalue weighted by molar-refractivity contribution is 6.30. The molecule has 0 atom stereocenters. The third-order valence-corrected chi connectivity index (χ3v) is 4.10. The zero-order chi connectivity index (χ0) is 17.1. The summed E-state index contributed by atoms with van der Waals surface area (Å²) in [4.78, 5) is 32.0. The van der Waals surface area contributed by atoms with Crippen LogP contribution in [0.1, 0.15) is 20.8 Å². The zero-order valence-electron chi connectivity index (χ0n) is 12.8. The lowest BCUT2D eigenvalue weighted by Gasteiger charge is -2.34. The summed E-state index contributed by atoms with van der Waals surface area (Å²) < 4.78 is 13.2. The van der Waals surface area contributed by atoms with E-state index in [2.05, 4.69) is 4.98 Å². The highest BCUT2D eigenvalue weighted by Gasteiger charge is 2.26.